The third-order valence-electron chi connectivity index (χ3n) is 5.16. The number of aryl methyl sites for hydroxylation is 1. The number of aromatic nitrogens is 2. The molecule has 0 saturated heterocycles. The Labute approximate surface area is 172 Å². The molecule has 0 spiro atoms. The van der Waals surface area contributed by atoms with E-state index >= 15 is 0 Å². The number of benzene rings is 2. The zero-order valence-electron chi connectivity index (χ0n) is 16.7. The molecule has 0 aliphatic carbocycles. The molecule has 4 aromatic rings. The van der Waals surface area contributed by atoms with E-state index in [1.165, 1.54) is 16.9 Å². The van der Waals surface area contributed by atoms with Crippen molar-refractivity contribution < 1.29 is 0 Å². The maximum Gasteiger partial charge on any atom is 0.277 e. The third kappa shape index (κ3) is 3.78. The number of hydrogen-bond donors (Lipinski definition) is 0. The minimum atomic E-state index is -0.263. The van der Waals surface area contributed by atoms with Crippen molar-refractivity contribution in [3.05, 3.63) is 108 Å². The van der Waals surface area contributed by atoms with Crippen molar-refractivity contribution >= 4 is 22.4 Å². The van der Waals surface area contributed by atoms with E-state index in [1.807, 2.05) is 55.5 Å². The van der Waals surface area contributed by atoms with Gasteiger partial charge in [-0.15, -0.1) is 0 Å². The van der Waals surface area contributed by atoms with Crippen LogP contribution in [-0.4, -0.2) is 9.38 Å². The van der Waals surface area contributed by atoms with Crippen LogP contribution in [0.3, 0.4) is 0 Å². The molecule has 0 atom stereocenters. The summed E-state index contributed by atoms with van der Waals surface area (Å²) in [5.41, 5.74) is 4.08. The van der Waals surface area contributed by atoms with Gasteiger partial charge in [-0.25, -0.2) is 0 Å². The molecule has 5 heteroatoms. The molecule has 4 nitrogen and oxygen atoms in total. The van der Waals surface area contributed by atoms with Crippen LogP contribution in [0, 0.1) is 6.92 Å². The Kier molecular flexibility index (Phi) is 5.16. The van der Waals surface area contributed by atoms with E-state index in [0.29, 0.717) is 33.1 Å². The van der Waals surface area contributed by atoms with Crippen molar-refractivity contribution in [1.29, 1.82) is 0 Å². The molecule has 29 heavy (non-hydrogen) atoms. The van der Waals surface area contributed by atoms with Crippen LogP contribution in [0.5, 0.6) is 0 Å². The number of rotatable bonds is 4. The van der Waals surface area contributed by atoms with Crippen LogP contribution in [0.4, 0.5) is 0 Å². The Bertz CT molecular complexity index is 1330. The van der Waals surface area contributed by atoms with E-state index in [-0.39, 0.29) is 11.1 Å². The Morgan fingerprint density at radius 1 is 1.03 bits per heavy atom. The molecule has 146 valence electrons. The molecule has 2 aromatic heterocycles. The molecule has 2 heterocycles. The predicted molar refractivity (Wildman–Crippen MR) is 119 cm³/mol. The molecule has 4 rings (SSSR count). The second kappa shape index (κ2) is 7.76. The standard InChI is InChI=1S/C24H22N2O2S/c1-15(2)19-11-9-18(10-12-19)14-21-23(28)26-16(3)20(22(27)25-24(26)29-21)13-17-7-5-4-6-8-17/h4-12,14-15H,13H2,1-3H3. The minimum Gasteiger partial charge on any atom is -0.267 e. The SMILES string of the molecule is Cc1c(Cc2ccccc2)c(=O)nc2sc(=Cc3ccc(C(C)C)cc3)c(=O)n12. The van der Waals surface area contributed by atoms with Gasteiger partial charge >= 0.3 is 0 Å². The summed E-state index contributed by atoms with van der Waals surface area (Å²) in [5.74, 6) is 0.462. The smallest absolute Gasteiger partial charge is 0.267 e. The van der Waals surface area contributed by atoms with Gasteiger partial charge in [-0.3, -0.25) is 14.0 Å². The number of thiazole rings is 1. The minimum absolute atomic E-state index is 0.128. The second-order valence-electron chi connectivity index (χ2n) is 7.50. The fourth-order valence-corrected chi connectivity index (χ4v) is 4.43. The molecule has 2 aromatic carbocycles. The summed E-state index contributed by atoms with van der Waals surface area (Å²) in [6.45, 7) is 6.13. The lowest BCUT2D eigenvalue weighted by Crippen LogP contribution is -2.27. The zero-order chi connectivity index (χ0) is 20.5. The average Bonchev–Trinajstić information content (AvgIpc) is 3.01. The van der Waals surface area contributed by atoms with Gasteiger partial charge in [-0.1, -0.05) is 79.8 Å². The van der Waals surface area contributed by atoms with Gasteiger partial charge in [0.05, 0.1) is 4.53 Å². The lowest BCUT2D eigenvalue weighted by Gasteiger charge is -2.06. The Morgan fingerprint density at radius 2 is 1.72 bits per heavy atom. The van der Waals surface area contributed by atoms with E-state index < -0.39 is 0 Å². The maximum atomic E-state index is 13.0. The molecule has 0 amide bonds. The highest BCUT2D eigenvalue weighted by molar-refractivity contribution is 7.15. The number of nitrogens with zero attached hydrogens (tertiary/aromatic N) is 2. The summed E-state index contributed by atoms with van der Waals surface area (Å²) >= 11 is 1.26. The molecule has 0 radical (unpaired) electrons. The molecular weight excluding hydrogens is 380 g/mol. The van der Waals surface area contributed by atoms with Gasteiger partial charge < -0.3 is 0 Å². The fourth-order valence-electron chi connectivity index (χ4n) is 3.42. The van der Waals surface area contributed by atoms with Gasteiger partial charge in [-0.05, 0) is 35.6 Å². The number of fused-ring (bicyclic) bond motifs is 1. The first-order valence-electron chi connectivity index (χ1n) is 9.64. The van der Waals surface area contributed by atoms with Crippen molar-refractivity contribution in [3.63, 3.8) is 0 Å². The van der Waals surface area contributed by atoms with Crippen LogP contribution in [0.2, 0.25) is 0 Å². The summed E-state index contributed by atoms with van der Waals surface area (Å²) in [5, 5.41) is 0. The van der Waals surface area contributed by atoms with E-state index in [2.05, 4.69) is 31.0 Å². The maximum absolute atomic E-state index is 13.0. The quantitative estimate of drug-likeness (QED) is 0.523. The van der Waals surface area contributed by atoms with Crippen LogP contribution in [0.1, 0.15) is 47.7 Å². The van der Waals surface area contributed by atoms with Crippen LogP contribution in [0.25, 0.3) is 11.0 Å². The average molecular weight is 403 g/mol. The summed E-state index contributed by atoms with van der Waals surface area (Å²) in [7, 11) is 0. The molecule has 0 saturated carbocycles. The second-order valence-corrected chi connectivity index (χ2v) is 8.51. The fraction of sp³-hybridized carbons (Fsp3) is 0.208. The highest BCUT2D eigenvalue weighted by Crippen LogP contribution is 2.15. The molecule has 0 aliphatic rings. The summed E-state index contributed by atoms with van der Waals surface area (Å²) < 4.78 is 2.15. The highest BCUT2D eigenvalue weighted by Gasteiger charge is 2.14. The zero-order valence-corrected chi connectivity index (χ0v) is 17.5. The van der Waals surface area contributed by atoms with Crippen LogP contribution in [0.15, 0.2) is 64.2 Å². The van der Waals surface area contributed by atoms with Crippen LogP contribution in [-0.2, 0) is 6.42 Å². The van der Waals surface area contributed by atoms with Gasteiger partial charge in [0, 0.05) is 17.7 Å². The summed E-state index contributed by atoms with van der Waals surface area (Å²) in [4.78, 5) is 30.3. The lowest BCUT2D eigenvalue weighted by atomic mass is 10.0. The molecule has 0 fully saturated rings. The van der Waals surface area contributed by atoms with E-state index in [1.54, 1.807) is 4.40 Å². The van der Waals surface area contributed by atoms with Gasteiger partial charge in [0.15, 0.2) is 0 Å². The summed E-state index contributed by atoms with van der Waals surface area (Å²) in [6.07, 6.45) is 2.33. The highest BCUT2D eigenvalue weighted by atomic mass is 32.1. The lowest BCUT2D eigenvalue weighted by molar-refractivity contribution is 0.866. The van der Waals surface area contributed by atoms with E-state index in [4.69, 9.17) is 0 Å². The molecule has 0 N–H and O–H groups in total. The topological polar surface area (TPSA) is 51.4 Å². The number of hydrogen-bond acceptors (Lipinski definition) is 4. The van der Waals surface area contributed by atoms with Gasteiger partial charge in [0.25, 0.3) is 11.1 Å². The summed E-state index contributed by atoms with van der Waals surface area (Å²) in [6, 6.07) is 18.0. The third-order valence-corrected chi connectivity index (χ3v) is 6.13. The monoisotopic (exact) mass is 402 g/mol. The van der Waals surface area contributed by atoms with Crippen molar-refractivity contribution in [2.45, 2.75) is 33.1 Å². The molecule has 0 aliphatic heterocycles. The normalized spacial score (nSPS) is 12.2. The molecule has 0 bridgehead atoms. The first kappa shape index (κ1) is 19.3. The van der Waals surface area contributed by atoms with Crippen LogP contribution >= 0.6 is 11.3 Å². The van der Waals surface area contributed by atoms with Crippen molar-refractivity contribution in [1.82, 2.24) is 9.38 Å². The molecule has 0 unspecified atom stereocenters. The molecular formula is C24H22N2O2S. The Balaban J connectivity index is 1.82. The Hall–Kier alpha value is -3.05. The Morgan fingerprint density at radius 3 is 2.38 bits per heavy atom. The van der Waals surface area contributed by atoms with Gasteiger partial charge in [0.2, 0.25) is 4.96 Å². The predicted octanol–water partition coefficient (Wildman–Crippen LogP) is 3.69. The van der Waals surface area contributed by atoms with E-state index in [9.17, 15) is 9.59 Å². The van der Waals surface area contributed by atoms with Crippen molar-refractivity contribution in [3.8, 4) is 0 Å². The van der Waals surface area contributed by atoms with Gasteiger partial charge in [0.1, 0.15) is 0 Å². The van der Waals surface area contributed by atoms with Gasteiger partial charge in [-0.2, -0.15) is 4.98 Å². The van der Waals surface area contributed by atoms with Crippen LogP contribution < -0.4 is 15.7 Å². The van der Waals surface area contributed by atoms with E-state index in [0.717, 1.165) is 11.1 Å². The van der Waals surface area contributed by atoms with Crippen molar-refractivity contribution in [2.75, 3.05) is 0 Å². The first-order valence-corrected chi connectivity index (χ1v) is 10.5. The van der Waals surface area contributed by atoms with Crippen molar-refractivity contribution in [2.24, 2.45) is 0 Å². The largest absolute Gasteiger partial charge is 0.277 e. The first-order chi connectivity index (χ1) is 13.9.